The highest BCUT2D eigenvalue weighted by atomic mass is 16.5. The summed E-state index contributed by atoms with van der Waals surface area (Å²) in [6.07, 6.45) is 23.2. The number of hydrogen-bond donors (Lipinski definition) is 0. The lowest BCUT2D eigenvalue weighted by Gasteiger charge is -2.38. The molecule has 2 rings (SSSR count). The van der Waals surface area contributed by atoms with Crippen molar-refractivity contribution in [3.05, 3.63) is 12.2 Å². The molecule has 0 spiro atoms. The van der Waals surface area contributed by atoms with E-state index in [9.17, 15) is 0 Å². The van der Waals surface area contributed by atoms with Crippen molar-refractivity contribution in [2.24, 2.45) is 23.7 Å². The van der Waals surface area contributed by atoms with E-state index in [0.29, 0.717) is 0 Å². The molecule has 0 aromatic carbocycles. The van der Waals surface area contributed by atoms with E-state index in [4.69, 9.17) is 4.74 Å². The van der Waals surface area contributed by atoms with Crippen molar-refractivity contribution in [3.63, 3.8) is 0 Å². The third-order valence-electron chi connectivity index (χ3n) is 6.54. The smallest absolute Gasteiger partial charge is 0.0494 e. The van der Waals surface area contributed by atoms with E-state index in [0.717, 1.165) is 43.3 Å². The Bertz CT molecular complexity index is 319. The van der Waals surface area contributed by atoms with Gasteiger partial charge in [0, 0.05) is 13.2 Å². The zero-order valence-corrected chi connectivity index (χ0v) is 16.5. The fourth-order valence-electron chi connectivity index (χ4n) is 4.98. The van der Waals surface area contributed by atoms with Gasteiger partial charge in [-0.05, 0) is 87.9 Å². The zero-order chi connectivity index (χ0) is 17.0. The molecule has 0 aliphatic heterocycles. The Morgan fingerprint density at radius 3 is 2.00 bits per heavy atom. The molecule has 2 fully saturated rings. The van der Waals surface area contributed by atoms with Crippen molar-refractivity contribution in [2.45, 2.75) is 97.3 Å². The number of ether oxygens (including phenoxy) is 1. The van der Waals surface area contributed by atoms with Crippen LogP contribution in [0.15, 0.2) is 12.2 Å². The van der Waals surface area contributed by atoms with Gasteiger partial charge in [-0.2, -0.15) is 0 Å². The lowest BCUT2D eigenvalue weighted by Crippen LogP contribution is -2.27. The van der Waals surface area contributed by atoms with Gasteiger partial charge in [0.25, 0.3) is 0 Å². The lowest BCUT2D eigenvalue weighted by atomic mass is 9.69. The molecule has 24 heavy (non-hydrogen) atoms. The third-order valence-corrected chi connectivity index (χ3v) is 6.54. The van der Waals surface area contributed by atoms with Gasteiger partial charge in [0.05, 0.1) is 0 Å². The molecule has 0 unspecified atom stereocenters. The van der Waals surface area contributed by atoms with Gasteiger partial charge in [-0.1, -0.05) is 45.3 Å². The van der Waals surface area contributed by atoms with Crippen molar-refractivity contribution < 1.29 is 4.74 Å². The second kappa shape index (κ2) is 12.1. The molecule has 0 radical (unpaired) electrons. The van der Waals surface area contributed by atoms with E-state index in [2.05, 4.69) is 26.0 Å². The average molecular weight is 335 g/mol. The molecule has 1 nitrogen and oxygen atoms in total. The van der Waals surface area contributed by atoms with Gasteiger partial charge in [-0.25, -0.2) is 0 Å². The Hall–Kier alpha value is -0.300. The fourth-order valence-corrected chi connectivity index (χ4v) is 4.98. The predicted octanol–water partition coefficient (Wildman–Crippen LogP) is 7.16. The molecule has 0 atom stereocenters. The maximum atomic E-state index is 5.77. The first-order valence-corrected chi connectivity index (χ1v) is 11.1. The summed E-state index contributed by atoms with van der Waals surface area (Å²) in [7, 11) is 0. The largest absolute Gasteiger partial charge is 0.381 e. The average Bonchev–Trinajstić information content (AvgIpc) is 2.63. The van der Waals surface area contributed by atoms with Crippen LogP contribution in [0.3, 0.4) is 0 Å². The van der Waals surface area contributed by atoms with Gasteiger partial charge in [0.15, 0.2) is 0 Å². The molecule has 0 aromatic rings. The van der Waals surface area contributed by atoms with Crippen LogP contribution < -0.4 is 0 Å². The van der Waals surface area contributed by atoms with E-state index in [1.54, 1.807) is 0 Å². The van der Waals surface area contributed by atoms with E-state index in [1.807, 2.05) is 0 Å². The Balaban J connectivity index is 1.55. The third kappa shape index (κ3) is 7.30. The number of rotatable bonds is 10. The van der Waals surface area contributed by atoms with Gasteiger partial charge in [-0.3, -0.25) is 0 Å². The summed E-state index contributed by atoms with van der Waals surface area (Å²) in [4.78, 5) is 0. The molecule has 1 heteroatoms. The first kappa shape index (κ1) is 20.0. The second-order valence-corrected chi connectivity index (χ2v) is 8.45. The molecule has 0 heterocycles. The highest BCUT2D eigenvalue weighted by Gasteiger charge is 2.30. The fraction of sp³-hybridized carbons (Fsp3) is 0.913. The molecule has 2 aliphatic rings. The molecule has 140 valence electrons. The summed E-state index contributed by atoms with van der Waals surface area (Å²) < 4.78 is 5.77. The van der Waals surface area contributed by atoms with Crippen LogP contribution in [-0.2, 0) is 4.74 Å². The SMILES string of the molecule is CC/C=C\CCC[C@H]1CC[C@H](C2CCC(COCCC)CC2)CC1. The van der Waals surface area contributed by atoms with Crippen LogP contribution in [0.5, 0.6) is 0 Å². The van der Waals surface area contributed by atoms with Crippen molar-refractivity contribution in [1.29, 1.82) is 0 Å². The standard InChI is InChI=1S/C23H42O/c1-3-5-6-7-8-9-20-10-14-22(15-11-20)23-16-12-21(13-17-23)19-24-18-4-2/h5-6,20-23H,3-4,7-19H2,1-2H3/b6-5-/t20-,21?,22-,23?. The first-order chi connectivity index (χ1) is 11.8. The van der Waals surface area contributed by atoms with Crippen LogP contribution in [0.4, 0.5) is 0 Å². The Morgan fingerprint density at radius 1 is 0.792 bits per heavy atom. The highest BCUT2D eigenvalue weighted by Crippen LogP contribution is 2.42. The number of unbranched alkanes of at least 4 members (excludes halogenated alkanes) is 1. The maximum Gasteiger partial charge on any atom is 0.0494 e. The molecular weight excluding hydrogens is 292 g/mol. The van der Waals surface area contributed by atoms with Crippen molar-refractivity contribution in [1.82, 2.24) is 0 Å². The quantitative estimate of drug-likeness (QED) is 0.304. The Labute approximate surface area is 151 Å². The van der Waals surface area contributed by atoms with E-state index >= 15 is 0 Å². The van der Waals surface area contributed by atoms with Crippen molar-refractivity contribution >= 4 is 0 Å². The van der Waals surface area contributed by atoms with Gasteiger partial charge >= 0.3 is 0 Å². The van der Waals surface area contributed by atoms with E-state index < -0.39 is 0 Å². The summed E-state index contributed by atoms with van der Waals surface area (Å²) in [5.74, 6) is 4.00. The molecule has 0 aromatic heterocycles. The topological polar surface area (TPSA) is 9.23 Å². The minimum absolute atomic E-state index is 0.861. The Kier molecular flexibility index (Phi) is 10.1. The molecule has 2 aliphatic carbocycles. The van der Waals surface area contributed by atoms with Crippen LogP contribution in [0, 0.1) is 23.7 Å². The molecule has 0 saturated heterocycles. The number of allylic oxidation sites excluding steroid dienone is 2. The van der Waals surface area contributed by atoms with Crippen LogP contribution in [0.25, 0.3) is 0 Å². The highest BCUT2D eigenvalue weighted by molar-refractivity contribution is 4.83. The van der Waals surface area contributed by atoms with Gasteiger partial charge in [0.1, 0.15) is 0 Å². The molecule has 0 amide bonds. The summed E-state index contributed by atoms with van der Waals surface area (Å²) in [6.45, 7) is 6.41. The molecule has 2 saturated carbocycles. The maximum absolute atomic E-state index is 5.77. The van der Waals surface area contributed by atoms with Crippen molar-refractivity contribution in [3.8, 4) is 0 Å². The zero-order valence-electron chi connectivity index (χ0n) is 16.5. The minimum Gasteiger partial charge on any atom is -0.381 e. The normalized spacial score (nSPS) is 31.6. The molecule has 0 N–H and O–H groups in total. The monoisotopic (exact) mass is 334 g/mol. The van der Waals surface area contributed by atoms with E-state index in [1.165, 1.54) is 77.0 Å². The van der Waals surface area contributed by atoms with Gasteiger partial charge in [0.2, 0.25) is 0 Å². The lowest BCUT2D eigenvalue weighted by molar-refractivity contribution is 0.0648. The van der Waals surface area contributed by atoms with Crippen LogP contribution >= 0.6 is 0 Å². The predicted molar refractivity (Wildman–Crippen MR) is 105 cm³/mol. The summed E-state index contributed by atoms with van der Waals surface area (Å²) in [5.41, 5.74) is 0. The van der Waals surface area contributed by atoms with Gasteiger partial charge in [-0.15, -0.1) is 0 Å². The van der Waals surface area contributed by atoms with E-state index in [-0.39, 0.29) is 0 Å². The van der Waals surface area contributed by atoms with Crippen LogP contribution in [-0.4, -0.2) is 13.2 Å². The van der Waals surface area contributed by atoms with Crippen LogP contribution in [0.2, 0.25) is 0 Å². The molecule has 0 bridgehead atoms. The minimum atomic E-state index is 0.861. The first-order valence-electron chi connectivity index (χ1n) is 11.1. The molecular formula is C23H42O. The summed E-state index contributed by atoms with van der Waals surface area (Å²) >= 11 is 0. The van der Waals surface area contributed by atoms with Crippen LogP contribution in [0.1, 0.15) is 97.3 Å². The second-order valence-electron chi connectivity index (χ2n) is 8.45. The Morgan fingerprint density at radius 2 is 1.42 bits per heavy atom. The number of hydrogen-bond acceptors (Lipinski definition) is 1. The summed E-state index contributed by atoms with van der Waals surface area (Å²) in [6, 6.07) is 0. The van der Waals surface area contributed by atoms with Gasteiger partial charge < -0.3 is 4.74 Å². The van der Waals surface area contributed by atoms with Crippen molar-refractivity contribution in [2.75, 3.05) is 13.2 Å². The summed E-state index contributed by atoms with van der Waals surface area (Å²) in [5, 5.41) is 0.